The average molecular weight is 380 g/mol. The Bertz CT molecular complexity index is 504. The number of likely N-dealkylation sites (tertiary alicyclic amines) is 1. The quantitative estimate of drug-likeness (QED) is 0.798. The van der Waals surface area contributed by atoms with Crippen LogP contribution in [0.3, 0.4) is 0 Å². The number of benzene rings is 1. The van der Waals surface area contributed by atoms with Gasteiger partial charge in [-0.05, 0) is 49.5 Å². The number of piperidine rings is 1. The molecule has 0 aromatic heterocycles. The van der Waals surface area contributed by atoms with Gasteiger partial charge in [0.05, 0.1) is 5.92 Å². The highest BCUT2D eigenvalue weighted by atomic mass is 35.5. The van der Waals surface area contributed by atoms with Gasteiger partial charge in [0, 0.05) is 19.6 Å². The number of nitrogens with zero attached hydrogens (tertiary/aromatic N) is 1. The molecule has 1 heterocycles. The largest absolute Gasteiger partial charge is 0.356 e. The van der Waals surface area contributed by atoms with Crippen LogP contribution in [-0.2, 0) is 11.3 Å². The molecule has 3 N–H and O–H groups in total. The maximum atomic E-state index is 13.2. The summed E-state index contributed by atoms with van der Waals surface area (Å²) in [6.07, 6.45) is 1.92. The fraction of sp³-hybridized carbons (Fsp3) is 0.588. The van der Waals surface area contributed by atoms with Gasteiger partial charge in [0.2, 0.25) is 5.91 Å². The van der Waals surface area contributed by atoms with E-state index < -0.39 is 0 Å². The first-order chi connectivity index (χ1) is 10.6. The molecule has 2 rings (SSSR count). The van der Waals surface area contributed by atoms with E-state index in [1.54, 1.807) is 12.1 Å². The van der Waals surface area contributed by atoms with E-state index in [1.807, 2.05) is 13.0 Å². The number of hydrogen-bond donors (Lipinski definition) is 2. The second kappa shape index (κ2) is 11.6. The van der Waals surface area contributed by atoms with E-state index in [2.05, 4.69) is 10.2 Å². The van der Waals surface area contributed by atoms with Gasteiger partial charge < -0.3 is 11.1 Å². The zero-order chi connectivity index (χ0) is 15.9. The summed E-state index contributed by atoms with van der Waals surface area (Å²) in [5.41, 5.74) is 6.52. The van der Waals surface area contributed by atoms with Crippen molar-refractivity contribution in [2.75, 3.05) is 26.2 Å². The topological polar surface area (TPSA) is 58.4 Å². The van der Waals surface area contributed by atoms with Crippen LogP contribution >= 0.6 is 24.8 Å². The van der Waals surface area contributed by atoms with Crippen LogP contribution < -0.4 is 11.1 Å². The number of rotatable bonds is 6. The lowest BCUT2D eigenvalue weighted by molar-refractivity contribution is -0.126. The SMILES string of the molecule is CC(CN)CNC(=O)C1CCCN(Cc2cccc(F)c2)C1.Cl.Cl. The van der Waals surface area contributed by atoms with Gasteiger partial charge in [0.1, 0.15) is 5.82 Å². The van der Waals surface area contributed by atoms with E-state index in [0.29, 0.717) is 25.6 Å². The van der Waals surface area contributed by atoms with Crippen molar-refractivity contribution in [3.05, 3.63) is 35.6 Å². The van der Waals surface area contributed by atoms with E-state index in [-0.39, 0.29) is 42.5 Å². The van der Waals surface area contributed by atoms with Crippen molar-refractivity contribution < 1.29 is 9.18 Å². The highest BCUT2D eigenvalue weighted by Crippen LogP contribution is 2.19. The number of carbonyl (C=O) groups is 1. The molecular formula is C17H28Cl2FN3O. The van der Waals surface area contributed by atoms with Crippen LogP contribution in [0.25, 0.3) is 0 Å². The van der Waals surface area contributed by atoms with Crippen LogP contribution in [0.1, 0.15) is 25.3 Å². The molecule has 138 valence electrons. The van der Waals surface area contributed by atoms with E-state index in [0.717, 1.165) is 31.5 Å². The standard InChI is InChI=1S/C17H26FN3O.2ClH/c1-13(9-19)10-20-17(22)15-5-3-7-21(12-15)11-14-4-2-6-16(18)8-14;;/h2,4,6,8,13,15H,3,5,7,9-12,19H2,1H3,(H,20,22);2*1H. The highest BCUT2D eigenvalue weighted by molar-refractivity contribution is 5.85. The summed E-state index contributed by atoms with van der Waals surface area (Å²) in [6, 6.07) is 6.67. The molecule has 7 heteroatoms. The molecule has 1 saturated heterocycles. The van der Waals surface area contributed by atoms with Gasteiger partial charge in [-0.25, -0.2) is 4.39 Å². The number of carbonyl (C=O) groups excluding carboxylic acids is 1. The number of hydrogen-bond acceptors (Lipinski definition) is 3. The predicted octanol–water partition coefficient (Wildman–Crippen LogP) is 2.59. The molecule has 1 amide bonds. The van der Waals surface area contributed by atoms with E-state index in [1.165, 1.54) is 6.07 Å². The van der Waals surface area contributed by atoms with Crippen LogP contribution in [0, 0.1) is 17.7 Å². The number of amides is 1. The smallest absolute Gasteiger partial charge is 0.224 e. The maximum Gasteiger partial charge on any atom is 0.224 e. The normalized spacial score (nSPS) is 18.9. The fourth-order valence-electron chi connectivity index (χ4n) is 2.81. The minimum atomic E-state index is -0.209. The van der Waals surface area contributed by atoms with Gasteiger partial charge in [-0.3, -0.25) is 9.69 Å². The average Bonchev–Trinajstić information content (AvgIpc) is 2.52. The Morgan fingerprint density at radius 3 is 2.88 bits per heavy atom. The summed E-state index contributed by atoms with van der Waals surface area (Å²) in [7, 11) is 0. The molecule has 0 radical (unpaired) electrons. The maximum absolute atomic E-state index is 13.2. The second-order valence-electron chi connectivity index (χ2n) is 6.29. The molecule has 1 aliphatic heterocycles. The van der Waals surface area contributed by atoms with Crippen LogP contribution in [0.5, 0.6) is 0 Å². The Labute approximate surface area is 156 Å². The van der Waals surface area contributed by atoms with Crippen molar-refractivity contribution in [1.29, 1.82) is 0 Å². The summed E-state index contributed by atoms with van der Waals surface area (Å²) in [4.78, 5) is 14.5. The van der Waals surface area contributed by atoms with E-state index in [9.17, 15) is 9.18 Å². The molecule has 1 aliphatic rings. The van der Waals surface area contributed by atoms with Crippen molar-refractivity contribution in [1.82, 2.24) is 10.2 Å². The molecule has 2 unspecified atom stereocenters. The van der Waals surface area contributed by atoms with Crippen molar-refractivity contribution >= 4 is 30.7 Å². The first-order valence-corrected chi connectivity index (χ1v) is 8.03. The van der Waals surface area contributed by atoms with Crippen molar-refractivity contribution in [2.24, 2.45) is 17.6 Å². The third-order valence-electron chi connectivity index (χ3n) is 4.20. The molecule has 1 aromatic rings. The number of nitrogens with one attached hydrogen (secondary N) is 1. The van der Waals surface area contributed by atoms with Crippen LogP contribution in [0.4, 0.5) is 4.39 Å². The summed E-state index contributed by atoms with van der Waals surface area (Å²) < 4.78 is 13.2. The second-order valence-corrected chi connectivity index (χ2v) is 6.29. The summed E-state index contributed by atoms with van der Waals surface area (Å²) in [5.74, 6) is 0.229. The molecule has 0 spiro atoms. The first-order valence-electron chi connectivity index (χ1n) is 8.03. The van der Waals surface area contributed by atoms with Crippen LogP contribution in [0.2, 0.25) is 0 Å². The van der Waals surface area contributed by atoms with Gasteiger partial charge in [-0.2, -0.15) is 0 Å². The molecular weight excluding hydrogens is 352 g/mol. The Hall–Kier alpha value is -0.880. The molecule has 0 aliphatic carbocycles. The van der Waals surface area contributed by atoms with Gasteiger partial charge in [0.15, 0.2) is 0 Å². The molecule has 2 atom stereocenters. The lowest BCUT2D eigenvalue weighted by Crippen LogP contribution is -2.44. The Morgan fingerprint density at radius 2 is 2.21 bits per heavy atom. The summed E-state index contributed by atoms with van der Waals surface area (Å²) >= 11 is 0. The summed E-state index contributed by atoms with van der Waals surface area (Å²) in [5, 5.41) is 2.99. The van der Waals surface area contributed by atoms with Gasteiger partial charge in [0.25, 0.3) is 0 Å². The lowest BCUT2D eigenvalue weighted by atomic mass is 9.96. The minimum absolute atomic E-state index is 0. The fourth-order valence-corrected chi connectivity index (χ4v) is 2.81. The Morgan fingerprint density at radius 1 is 1.46 bits per heavy atom. The van der Waals surface area contributed by atoms with Crippen LogP contribution in [-0.4, -0.2) is 37.0 Å². The lowest BCUT2D eigenvalue weighted by Gasteiger charge is -2.32. The van der Waals surface area contributed by atoms with Crippen LogP contribution in [0.15, 0.2) is 24.3 Å². The van der Waals surface area contributed by atoms with Crippen molar-refractivity contribution in [3.63, 3.8) is 0 Å². The van der Waals surface area contributed by atoms with Crippen molar-refractivity contribution in [2.45, 2.75) is 26.3 Å². The molecule has 0 bridgehead atoms. The molecule has 1 aromatic carbocycles. The number of nitrogens with two attached hydrogens (primary N) is 1. The van der Waals surface area contributed by atoms with Gasteiger partial charge in [-0.15, -0.1) is 24.8 Å². The molecule has 1 fully saturated rings. The van der Waals surface area contributed by atoms with Gasteiger partial charge >= 0.3 is 0 Å². The van der Waals surface area contributed by atoms with Crippen molar-refractivity contribution in [3.8, 4) is 0 Å². The molecule has 4 nitrogen and oxygen atoms in total. The highest BCUT2D eigenvalue weighted by Gasteiger charge is 2.25. The molecule has 0 saturated carbocycles. The molecule has 24 heavy (non-hydrogen) atoms. The van der Waals surface area contributed by atoms with E-state index >= 15 is 0 Å². The first kappa shape index (κ1) is 23.1. The van der Waals surface area contributed by atoms with E-state index in [4.69, 9.17) is 5.73 Å². The van der Waals surface area contributed by atoms with Gasteiger partial charge in [-0.1, -0.05) is 19.1 Å². The zero-order valence-electron chi connectivity index (χ0n) is 14.0. The third-order valence-corrected chi connectivity index (χ3v) is 4.20. The Kier molecular flexibility index (Phi) is 11.2. The minimum Gasteiger partial charge on any atom is -0.356 e. The number of halogens is 3. The zero-order valence-corrected chi connectivity index (χ0v) is 15.7. The summed E-state index contributed by atoms with van der Waals surface area (Å²) in [6.45, 7) is 5.63. The third kappa shape index (κ3) is 7.34. The predicted molar refractivity (Wildman–Crippen MR) is 100 cm³/mol. The monoisotopic (exact) mass is 379 g/mol. The Balaban J connectivity index is 0.00000264.